The van der Waals surface area contributed by atoms with Crippen LogP contribution >= 0.6 is 0 Å². The number of ether oxygens (including phenoxy) is 1. The number of benzene rings is 1. The maximum absolute atomic E-state index is 13.5. The molecule has 1 aromatic carbocycles. The molecule has 0 aliphatic rings. The Balaban J connectivity index is 3.08. The van der Waals surface area contributed by atoms with Gasteiger partial charge in [0.05, 0.1) is 11.6 Å². The van der Waals surface area contributed by atoms with Gasteiger partial charge in [0.2, 0.25) is 0 Å². The van der Waals surface area contributed by atoms with Crippen LogP contribution < -0.4 is 5.32 Å². The van der Waals surface area contributed by atoms with Gasteiger partial charge in [-0.1, -0.05) is 13.0 Å². The Morgan fingerprint density at radius 1 is 1.33 bits per heavy atom. The van der Waals surface area contributed by atoms with Gasteiger partial charge >= 0.3 is 0 Å². The van der Waals surface area contributed by atoms with E-state index in [1.54, 1.807) is 19.2 Å². The monoisotopic (exact) mass is 253 g/mol. The van der Waals surface area contributed by atoms with Crippen molar-refractivity contribution in [3.8, 4) is 0 Å². The Labute approximate surface area is 110 Å². The van der Waals surface area contributed by atoms with E-state index in [9.17, 15) is 4.39 Å². The zero-order chi connectivity index (χ0) is 13.8. The average molecular weight is 253 g/mol. The summed E-state index contributed by atoms with van der Waals surface area (Å²) in [5.41, 5.74) is 1.49. The molecule has 3 heteroatoms. The van der Waals surface area contributed by atoms with Gasteiger partial charge in [-0.2, -0.15) is 0 Å². The van der Waals surface area contributed by atoms with E-state index in [1.807, 2.05) is 26.8 Å². The van der Waals surface area contributed by atoms with Gasteiger partial charge in [-0.3, -0.25) is 0 Å². The van der Waals surface area contributed by atoms with Gasteiger partial charge in [0.1, 0.15) is 5.82 Å². The molecule has 1 N–H and O–H groups in total. The molecule has 0 bridgehead atoms. The van der Waals surface area contributed by atoms with E-state index in [0.717, 1.165) is 24.1 Å². The Morgan fingerprint density at radius 2 is 2.00 bits per heavy atom. The molecule has 0 aliphatic carbocycles. The summed E-state index contributed by atoms with van der Waals surface area (Å²) in [5, 5.41) is 3.44. The van der Waals surface area contributed by atoms with Gasteiger partial charge in [-0.15, -0.1) is 0 Å². The lowest BCUT2D eigenvalue weighted by Crippen LogP contribution is -2.41. The molecular formula is C15H24FNO. The molecule has 0 aromatic heterocycles. The van der Waals surface area contributed by atoms with Crippen LogP contribution in [0.4, 0.5) is 4.39 Å². The van der Waals surface area contributed by atoms with Gasteiger partial charge in [0, 0.05) is 7.11 Å². The van der Waals surface area contributed by atoms with Crippen LogP contribution in [0.2, 0.25) is 0 Å². The molecule has 2 nitrogen and oxygen atoms in total. The largest absolute Gasteiger partial charge is 0.377 e. The number of rotatable bonds is 6. The predicted octanol–water partition coefficient (Wildman–Crippen LogP) is 3.60. The fraction of sp³-hybridized carbons (Fsp3) is 0.600. The van der Waals surface area contributed by atoms with Crippen LogP contribution in [0.25, 0.3) is 0 Å². The molecule has 0 spiro atoms. The highest BCUT2D eigenvalue weighted by molar-refractivity contribution is 5.28. The van der Waals surface area contributed by atoms with E-state index in [-0.39, 0.29) is 17.5 Å². The third kappa shape index (κ3) is 3.79. The van der Waals surface area contributed by atoms with Crippen molar-refractivity contribution in [1.82, 2.24) is 5.32 Å². The molecule has 102 valence electrons. The van der Waals surface area contributed by atoms with E-state index in [1.165, 1.54) is 0 Å². The van der Waals surface area contributed by atoms with Crippen LogP contribution in [-0.4, -0.2) is 19.3 Å². The Kier molecular flexibility index (Phi) is 5.29. The maximum Gasteiger partial charge on any atom is 0.123 e. The van der Waals surface area contributed by atoms with Crippen molar-refractivity contribution in [1.29, 1.82) is 0 Å². The molecule has 1 atom stereocenters. The summed E-state index contributed by atoms with van der Waals surface area (Å²) < 4.78 is 19.1. The summed E-state index contributed by atoms with van der Waals surface area (Å²) in [5.74, 6) is -0.194. The van der Waals surface area contributed by atoms with Crippen molar-refractivity contribution >= 4 is 0 Å². The predicted molar refractivity (Wildman–Crippen MR) is 73.3 cm³/mol. The summed E-state index contributed by atoms with van der Waals surface area (Å²) in [4.78, 5) is 0. The van der Waals surface area contributed by atoms with Crippen molar-refractivity contribution in [2.24, 2.45) is 0 Å². The minimum Gasteiger partial charge on any atom is -0.377 e. The minimum absolute atomic E-state index is 0.0168. The fourth-order valence-corrected chi connectivity index (χ4v) is 2.10. The molecular weight excluding hydrogens is 229 g/mol. The fourth-order valence-electron chi connectivity index (χ4n) is 2.10. The first-order valence-corrected chi connectivity index (χ1v) is 6.46. The minimum atomic E-state index is -0.380. The summed E-state index contributed by atoms with van der Waals surface area (Å²) in [6.45, 7) is 8.93. The van der Waals surface area contributed by atoms with Crippen LogP contribution in [0.1, 0.15) is 44.4 Å². The first-order valence-electron chi connectivity index (χ1n) is 6.46. The third-order valence-corrected chi connectivity index (χ3v) is 3.22. The Morgan fingerprint density at radius 3 is 2.50 bits per heavy atom. The highest BCUT2D eigenvalue weighted by Crippen LogP contribution is 2.29. The normalized spacial score (nSPS) is 13.7. The lowest BCUT2D eigenvalue weighted by atomic mass is 9.90. The van der Waals surface area contributed by atoms with Gasteiger partial charge in [0.15, 0.2) is 0 Å². The zero-order valence-electron chi connectivity index (χ0n) is 12.0. The van der Waals surface area contributed by atoms with Crippen LogP contribution in [0.15, 0.2) is 18.2 Å². The number of hydrogen-bond acceptors (Lipinski definition) is 2. The SMILES string of the molecule is CCCNC(c1cc(C)cc(F)c1)C(C)(C)OC. The Bertz CT molecular complexity index is 370. The van der Waals surface area contributed by atoms with Gasteiger partial charge in [-0.05, 0) is 57.0 Å². The van der Waals surface area contributed by atoms with Crippen LogP contribution in [0.5, 0.6) is 0 Å². The van der Waals surface area contributed by atoms with Crippen molar-refractivity contribution in [3.05, 3.63) is 35.1 Å². The second-order valence-corrected chi connectivity index (χ2v) is 5.26. The molecule has 0 saturated heterocycles. The summed E-state index contributed by atoms with van der Waals surface area (Å²) in [7, 11) is 1.69. The smallest absolute Gasteiger partial charge is 0.123 e. The van der Waals surface area contributed by atoms with Crippen LogP contribution in [-0.2, 0) is 4.74 Å². The molecule has 1 rings (SSSR count). The van der Waals surface area contributed by atoms with Crippen LogP contribution in [0.3, 0.4) is 0 Å². The second-order valence-electron chi connectivity index (χ2n) is 5.26. The first-order chi connectivity index (χ1) is 8.40. The van der Waals surface area contributed by atoms with Crippen LogP contribution in [0, 0.1) is 12.7 Å². The summed E-state index contributed by atoms with van der Waals surface area (Å²) >= 11 is 0. The number of methoxy groups -OCH3 is 1. The molecule has 0 radical (unpaired) electrons. The van der Waals surface area contributed by atoms with Crippen molar-refractivity contribution in [2.45, 2.75) is 45.8 Å². The third-order valence-electron chi connectivity index (χ3n) is 3.22. The quantitative estimate of drug-likeness (QED) is 0.836. The number of nitrogens with one attached hydrogen (secondary N) is 1. The van der Waals surface area contributed by atoms with E-state index in [2.05, 4.69) is 12.2 Å². The van der Waals surface area contributed by atoms with E-state index in [0.29, 0.717) is 0 Å². The maximum atomic E-state index is 13.5. The van der Waals surface area contributed by atoms with E-state index < -0.39 is 0 Å². The lowest BCUT2D eigenvalue weighted by Gasteiger charge is -2.34. The second kappa shape index (κ2) is 6.30. The molecule has 0 amide bonds. The summed E-state index contributed by atoms with van der Waals surface area (Å²) in [6, 6.07) is 5.12. The molecule has 1 unspecified atom stereocenters. The Hall–Kier alpha value is -0.930. The number of halogens is 1. The van der Waals surface area contributed by atoms with E-state index >= 15 is 0 Å². The van der Waals surface area contributed by atoms with Crippen molar-refractivity contribution in [2.75, 3.05) is 13.7 Å². The number of hydrogen-bond donors (Lipinski definition) is 1. The van der Waals surface area contributed by atoms with Gasteiger partial charge in [-0.25, -0.2) is 4.39 Å². The number of aryl methyl sites for hydroxylation is 1. The summed E-state index contributed by atoms with van der Waals surface area (Å²) in [6.07, 6.45) is 1.03. The highest BCUT2D eigenvalue weighted by Gasteiger charge is 2.30. The lowest BCUT2D eigenvalue weighted by molar-refractivity contribution is -0.0111. The van der Waals surface area contributed by atoms with Gasteiger partial charge < -0.3 is 10.1 Å². The molecule has 0 heterocycles. The zero-order valence-corrected chi connectivity index (χ0v) is 12.0. The first kappa shape index (κ1) is 15.1. The molecule has 0 aliphatic heterocycles. The molecule has 1 aromatic rings. The average Bonchev–Trinajstić information content (AvgIpc) is 2.28. The molecule has 18 heavy (non-hydrogen) atoms. The van der Waals surface area contributed by atoms with Crippen molar-refractivity contribution in [3.63, 3.8) is 0 Å². The topological polar surface area (TPSA) is 21.3 Å². The standard InChI is InChI=1S/C15H24FNO/c1-6-7-17-14(15(3,4)18-5)12-8-11(2)9-13(16)10-12/h8-10,14,17H,6-7H2,1-5H3. The van der Waals surface area contributed by atoms with Gasteiger partial charge in [0.25, 0.3) is 0 Å². The molecule has 0 fully saturated rings. The van der Waals surface area contributed by atoms with Crippen molar-refractivity contribution < 1.29 is 9.13 Å². The molecule has 0 saturated carbocycles. The van der Waals surface area contributed by atoms with E-state index in [4.69, 9.17) is 4.74 Å². The highest BCUT2D eigenvalue weighted by atomic mass is 19.1.